The summed E-state index contributed by atoms with van der Waals surface area (Å²) >= 11 is 0. The van der Waals surface area contributed by atoms with Gasteiger partial charge in [-0.15, -0.1) is 0 Å². The van der Waals surface area contributed by atoms with E-state index in [2.05, 4.69) is 19.8 Å². The molecule has 0 saturated carbocycles. The van der Waals surface area contributed by atoms with E-state index >= 15 is 0 Å². The van der Waals surface area contributed by atoms with E-state index in [-0.39, 0.29) is 55.4 Å². The number of aliphatic hydroxyl groups excluding tert-OH is 2. The van der Waals surface area contributed by atoms with E-state index in [1.165, 1.54) is 27.2 Å². The average molecular weight is 913 g/mol. The van der Waals surface area contributed by atoms with Crippen molar-refractivity contribution in [2.24, 2.45) is 33.7 Å². The molecule has 3 aromatic rings. The Balaban J connectivity index is 1.35. The zero-order valence-corrected chi connectivity index (χ0v) is 39.7. The van der Waals surface area contributed by atoms with Crippen molar-refractivity contribution in [1.82, 2.24) is 14.5 Å². The zero-order valence-electron chi connectivity index (χ0n) is 39.7. The number of aromatic hydroxyl groups is 2. The number of esters is 1. The summed E-state index contributed by atoms with van der Waals surface area (Å²) in [6.45, 7) is 19.7. The normalized spacial score (nSPS) is 29.3. The molecule has 5 heterocycles. The fraction of sp³-hybridized carbons (Fsp3) is 0.551. The topological polar surface area (TPSA) is 227 Å². The van der Waals surface area contributed by atoms with Crippen LogP contribution in [0.25, 0.3) is 10.8 Å². The fourth-order valence-electron chi connectivity index (χ4n) is 9.89. The molecule has 1 aromatic heterocycles. The number of nitrogens with zero attached hydrogens (tertiary/aromatic N) is 5. The van der Waals surface area contributed by atoms with E-state index in [1.807, 2.05) is 20.0 Å². The van der Waals surface area contributed by atoms with Crippen LogP contribution in [0.4, 0.5) is 5.69 Å². The van der Waals surface area contributed by atoms with Crippen molar-refractivity contribution in [2.45, 2.75) is 124 Å². The molecule has 17 nitrogen and oxygen atoms in total. The van der Waals surface area contributed by atoms with Crippen LogP contribution in [0.3, 0.4) is 0 Å². The number of allylic oxidation sites excluding steroid dienone is 2. The number of aromatic nitrogens is 2. The first-order chi connectivity index (χ1) is 31.1. The van der Waals surface area contributed by atoms with Crippen molar-refractivity contribution < 1.29 is 53.8 Å². The van der Waals surface area contributed by atoms with Crippen LogP contribution in [0.15, 0.2) is 52.3 Å². The third kappa shape index (κ3) is 8.73. The Hall–Kier alpha value is -5.62. The van der Waals surface area contributed by atoms with Crippen LogP contribution in [0.2, 0.25) is 0 Å². The summed E-state index contributed by atoms with van der Waals surface area (Å²) in [6, 6.07) is 0. The largest absolute Gasteiger partial charge is 0.507 e. The standard InChI is InChI=1S/C49H64N6O11/c1-24-13-12-14-25(2)47(62)51-39-38-37(52-49(53-38)16-18-54(19-17-49)20-21-55-26(3)23-50-31(55)8)34-35(43(39)60)42(59)30(7)45-36(34)46(61)48(10,66-45)64-22-15-33(63-11)27(4)44(65-32(9)56)29(6)41(58)28(5)40(24)57/h12-15,22-24,27-29,33,40-41,44,57-60H,16-21H2,1-11H3,(H,51,62)/t24-,27-,28-,29-,33+,40+,41-,44-,48+/m1/s1. The molecule has 4 bridgehead atoms. The number of carbonyl (C=O) groups is 3. The Morgan fingerprint density at radius 3 is 2.24 bits per heavy atom. The van der Waals surface area contributed by atoms with Crippen LogP contribution in [0, 0.1) is 44.4 Å². The smallest absolute Gasteiger partial charge is 0.312 e. The van der Waals surface area contributed by atoms with Crippen molar-refractivity contribution in [3.8, 4) is 17.2 Å². The molecular weight excluding hydrogens is 849 g/mol. The van der Waals surface area contributed by atoms with Gasteiger partial charge >= 0.3 is 11.8 Å². The minimum atomic E-state index is -1.98. The molecule has 0 aliphatic carbocycles. The van der Waals surface area contributed by atoms with Crippen LogP contribution in [-0.4, -0.2) is 115 Å². The predicted octanol–water partition coefficient (Wildman–Crippen LogP) is 4.61. The highest BCUT2D eigenvalue weighted by atomic mass is 16.7. The first-order valence-corrected chi connectivity index (χ1v) is 22.7. The van der Waals surface area contributed by atoms with Gasteiger partial charge in [0.15, 0.2) is 11.4 Å². The molecule has 17 heteroatoms. The average Bonchev–Trinajstić information content (AvgIpc) is 3.91. The Morgan fingerprint density at radius 1 is 0.924 bits per heavy atom. The number of benzene rings is 2. The fourth-order valence-corrected chi connectivity index (χ4v) is 9.89. The second-order valence-corrected chi connectivity index (χ2v) is 18.7. The molecule has 4 aliphatic heterocycles. The number of rotatable bonds is 5. The highest BCUT2D eigenvalue weighted by molar-refractivity contribution is 6.19. The number of anilines is 1. The monoisotopic (exact) mass is 912 g/mol. The summed E-state index contributed by atoms with van der Waals surface area (Å²) in [4.78, 5) is 58.4. The number of aliphatic hydroxyl groups is 2. The molecule has 1 saturated heterocycles. The minimum Gasteiger partial charge on any atom is -0.507 e. The summed E-state index contributed by atoms with van der Waals surface area (Å²) < 4.78 is 26.2. The number of phenols is 2. The van der Waals surface area contributed by atoms with Gasteiger partial charge < -0.3 is 54.2 Å². The molecule has 5 N–H and O–H groups in total. The number of ketones is 1. The molecule has 0 unspecified atom stereocenters. The lowest BCUT2D eigenvalue weighted by Crippen LogP contribution is -2.46. The third-order valence-corrected chi connectivity index (χ3v) is 14.2. The van der Waals surface area contributed by atoms with Crippen molar-refractivity contribution in [3.05, 3.63) is 75.7 Å². The maximum atomic E-state index is 14.8. The number of methoxy groups -OCH3 is 1. The number of aryl methyl sites for hydroxylation is 2. The molecule has 4 aliphatic rings. The molecule has 9 atom stereocenters. The Morgan fingerprint density at radius 2 is 1.61 bits per heavy atom. The van der Waals surface area contributed by atoms with E-state index in [0.717, 1.165) is 24.6 Å². The number of hydrogen-bond donors (Lipinski definition) is 5. The summed E-state index contributed by atoms with van der Waals surface area (Å²) in [5.74, 6) is -6.07. The summed E-state index contributed by atoms with van der Waals surface area (Å²) in [5.41, 5.74) is 0.412. The second kappa shape index (κ2) is 18.6. The van der Waals surface area contributed by atoms with Crippen molar-refractivity contribution in [2.75, 3.05) is 32.1 Å². The van der Waals surface area contributed by atoms with Gasteiger partial charge in [0.2, 0.25) is 0 Å². The number of amides is 1. The van der Waals surface area contributed by atoms with Gasteiger partial charge in [0.1, 0.15) is 34.5 Å². The maximum Gasteiger partial charge on any atom is 0.312 e. The molecule has 1 fully saturated rings. The number of nitrogens with one attached hydrogen (secondary N) is 1. The van der Waals surface area contributed by atoms with Gasteiger partial charge in [-0.05, 0) is 33.8 Å². The lowest BCUT2D eigenvalue weighted by atomic mass is 9.78. The molecule has 1 amide bonds. The number of ether oxygens (including phenoxy) is 4. The van der Waals surface area contributed by atoms with Crippen LogP contribution in [0.5, 0.6) is 17.2 Å². The van der Waals surface area contributed by atoms with Crippen molar-refractivity contribution in [1.29, 1.82) is 0 Å². The van der Waals surface area contributed by atoms with Crippen molar-refractivity contribution in [3.63, 3.8) is 0 Å². The summed E-state index contributed by atoms with van der Waals surface area (Å²) in [5, 5.41) is 50.4. The lowest BCUT2D eigenvalue weighted by molar-refractivity contribution is -0.160. The Labute approximate surface area is 384 Å². The molecule has 356 valence electrons. The van der Waals surface area contributed by atoms with Gasteiger partial charge in [-0.25, -0.2) is 4.98 Å². The van der Waals surface area contributed by atoms with Gasteiger partial charge in [0, 0.05) is 112 Å². The van der Waals surface area contributed by atoms with E-state index in [9.17, 15) is 34.8 Å². The second-order valence-electron chi connectivity index (χ2n) is 18.7. The first-order valence-electron chi connectivity index (χ1n) is 22.7. The van der Waals surface area contributed by atoms with Gasteiger partial charge in [0.05, 0.1) is 40.9 Å². The number of Topliss-reactive ketones (excluding diaryl/α,β-unsaturated/α-hetero) is 1. The van der Waals surface area contributed by atoms with Crippen LogP contribution in [-0.2, 0) is 30.3 Å². The third-order valence-electron chi connectivity index (χ3n) is 14.2. The Kier molecular flexibility index (Phi) is 13.6. The number of fused-ring (bicyclic) bond motifs is 1. The van der Waals surface area contributed by atoms with Gasteiger partial charge in [-0.3, -0.25) is 24.4 Å². The van der Waals surface area contributed by atoms with E-state index in [1.54, 1.807) is 65.8 Å². The highest BCUT2D eigenvalue weighted by Gasteiger charge is 2.50. The SMILES string of the molecule is CO[C@H]1C=CO[C@@]2(C)Oc3c(C)c(O)c4c(O)c(c5c(c4c3C2=O)=NC2(CCN(CCn3c(C)cnc3C)CC2)N=5)NC(=O)C(C)=CC=C[C@@H](C)[C@H](O)[C@@H](C)[C@@H](O)[C@@H](C)[C@H](OC(C)=O)[C@@H]1C. The molecule has 1 spiro atoms. The van der Waals surface area contributed by atoms with E-state index < -0.39 is 82.9 Å². The van der Waals surface area contributed by atoms with Crippen molar-refractivity contribution >= 4 is 34.1 Å². The number of imidazole rings is 1. The summed E-state index contributed by atoms with van der Waals surface area (Å²) in [7, 11) is 1.47. The number of likely N-dealkylation sites (tertiary alicyclic amines) is 1. The van der Waals surface area contributed by atoms with Crippen LogP contribution in [0.1, 0.15) is 88.7 Å². The number of carbonyl (C=O) groups excluding carboxylic acids is 3. The molecule has 66 heavy (non-hydrogen) atoms. The molecule has 7 rings (SSSR count). The number of hydrogen-bond acceptors (Lipinski definition) is 15. The molecular formula is C49H64N6O11. The molecule has 0 radical (unpaired) electrons. The summed E-state index contributed by atoms with van der Waals surface area (Å²) in [6.07, 6.45) is 6.76. The van der Waals surface area contributed by atoms with Crippen LogP contribution >= 0.6 is 0 Å². The zero-order chi connectivity index (χ0) is 48.2. The van der Waals surface area contributed by atoms with E-state index in [0.29, 0.717) is 25.9 Å². The minimum absolute atomic E-state index is 0.0237. The lowest BCUT2D eigenvalue weighted by Gasteiger charge is -2.38. The van der Waals surface area contributed by atoms with Gasteiger partial charge in [0.25, 0.3) is 11.7 Å². The number of piperidine rings is 1. The first kappa shape index (κ1) is 48.3. The van der Waals surface area contributed by atoms with Gasteiger partial charge in [-0.1, -0.05) is 45.9 Å². The quantitative estimate of drug-likeness (QED) is 0.174. The number of phenolic OH excluding ortho intramolecular Hbond substituents is 2. The molecule has 2 aromatic carbocycles. The Bertz CT molecular complexity index is 2630. The van der Waals surface area contributed by atoms with Crippen LogP contribution < -0.4 is 20.8 Å². The van der Waals surface area contributed by atoms with E-state index in [4.69, 9.17) is 28.9 Å². The highest BCUT2D eigenvalue weighted by Crippen LogP contribution is 2.50. The van der Waals surface area contributed by atoms with Gasteiger partial charge in [-0.2, -0.15) is 0 Å². The predicted molar refractivity (Wildman–Crippen MR) is 245 cm³/mol. The maximum absolute atomic E-state index is 14.8.